The second kappa shape index (κ2) is 6.91. The number of thioether (sulfide) groups is 1. The van der Waals surface area contributed by atoms with E-state index in [0.717, 1.165) is 5.56 Å². The van der Waals surface area contributed by atoms with Crippen LogP contribution in [0.1, 0.15) is 15.9 Å². The molecule has 0 spiro atoms. The van der Waals surface area contributed by atoms with Gasteiger partial charge in [-0.1, -0.05) is 6.07 Å². The van der Waals surface area contributed by atoms with Crippen LogP contribution in [0.2, 0.25) is 0 Å². The summed E-state index contributed by atoms with van der Waals surface area (Å²) in [6.45, 7) is 0.360. The van der Waals surface area contributed by atoms with Gasteiger partial charge in [0.25, 0.3) is 5.91 Å². The number of nitrogens with one attached hydrogen (secondary N) is 1. The number of nitrogens with zero attached hydrogens (tertiary/aromatic N) is 2. The molecule has 1 amide bonds. The molecular weight excluding hydrogens is 274 g/mol. The second-order valence-corrected chi connectivity index (χ2v) is 4.71. The molecule has 6 heteroatoms. The van der Waals surface area contributed by atoms with E-state index in [-0.39, 0.29) is 5.91 Å². The topological polar surface area (TPSA) is 64.1 Å². The molecule has 0 aliphatic heterocycles. The highest BCUT2D eigenvalue weighted by molar-refractivity contribution is 7.98. The number of aromatic nitrogens is 2. The lowest BCUT2D eigenvalue weighted by atomic mass is 10.2. The summed E-state index contributed by atoms with van der Waals surface area (Å²) in [6.07, 6.45) is 5.22. The van der Waals surface area contributed by atoms with E-state index >= 15 is 0 Å². The van der Waals surface area contributed by atoms with Crippen LogP contribution in [0.5, 0.6) is 5.88 Å². The lowest BCUT2D eigenvalue weighted by Crippen LogP contribution is -2.24. The van der Waals surface area contributed by atoms with Gasteiger partial charge in [0.15, 0.2) is 0 Å². The molecule has 0 fully saturated rings. The third-order valence-electron chi connectivity index (χ3n) is 2.69. The first-order valence-corrected chi connectivity index (χ1v) is 7.24. The van der Waals surface area contributed by atoms with Crippen LogP contribution in [-0.4, -0.2) is 29.2 Å². The molecule has 0 saturated heterocycles. The Morgan fingerprint density at radius 1 is 1.30 bits per heavy atom. The Morgan fingerprint density at radius 2 is 2.05 bits per heavy atom. The van der Waals surface area contributed by atoms with Crippen molar-refractivity contribution in [3.05, 3.63) is 47.8 Å². The van der Waals surface area contributed by atoms with Gasteiger partial charge in [-0.05, 0) is 24.5 Å². The summed E-state index contributed by atoms with van der Waals surface area (Å²) < 4.78 is 5.15. The van der Waals surface area contributed by atoms with E-state index in [0.29, 0.717) is 23.0 Å². The number of carbonyl (C=O) groups is 1. The minimum absolute atomic E-state index is 0.159. The summed E-state index contributed by atoms with van der Waals surface area (Å²) in [5.74, 6) is 0.359. The van der Waals surface area contributed by atoms with Gasteiger partial charge in [0.2, 0.25) is 5.88 Å². The number of rotatable bonds is 5. The molecule has 0 aromatic carbocycles. The SMILES string of the molecule is COc1ncccc1CNC(=O)c1cccnc1SC. The molecule has 2 heterocycles. The zero-order valence-corrected chi connectivity index (χ0v) is 12.1. The van der Waals surface area contributed by atoms with Crippen molar-refractivity contribution in [3.8, 4) is 5.88 Å². The van der Waals surface area contributed by atoms with Crippen molar-refractivity contribution < 1.29 is 9.53 Å². The Bertz CT molecular complexity index is 604. The number of ether oxygens (including phenoxy) is 1. The molecule has 2 rings (SSSR count). The largest absolute Gasteiger partial charge is 0.481 e. The standard InChI is InChI=1S/C14H15N3O2S/c1-19-13-10(5-3-7-15-13)9-17-12(18)11-6-4-8-16-14(11)20-2/h3-8H,9H2,1-2H3,(H,17,18). The Balaban J connectivity index is 2.09. The van der Waals surface area contributed by atoms with Gasteiger partial charge in [-0.2, -0.15) is 0 Å². The molecule has 0 bridgehead atoms. The maximum absolute atomic E-state index is 12.2. The van der Waals surface area contributed by atoms with Crippen molar-refractivity contribution in [1.82, 2.24) is 15.3 Å². The average Bonchev–Trinajstić information content (AvgIpc) is 2.52. The molecule has 0 saturated carbocycles. The molecule has 5 nitrogen and oxygen atoms in total. The van der Waals surface area contributed by atoms with Gasteiger partial charge < -0.3 is 10.1 Å². The Labute approximate surface area is 121 Å². The first kappa shape index (κ1) is 14.3. The molecule has 20 heavy (non-hydrogen) atoms. The van der Waals surface area contributed by atoms with Crippen LogP contribution < -0.4 is 10.1 Å². The summed E-state index contributed by atoms with van der Waals surface area (Å²) in [7, 11) is 1.56. The van der Waals surface area contributed by atoms with Crippen LogP contribution in [0.25, 0.3) is 0 Å². The number of amides is 1. The number of methoxy groups -OCH3 is 1. The fourth-order valence-corrected chi connectivity index (χ4v) is 2.29. The van der Waals surface area contributed by atoms with Gasteiger partial charge in [0, 0.05) is 24.5 Å². The minimum Gasteiger partial charge on any atom is -0.481 e. The smallest absolute Gasteiger partial charge is 0.254 e. The Hall–Kier alpha value is -2.08. The monoisotopic (exact) mass is 289 g/mol. The lowest BCUT2D eigenvalue weighted by molar-refractivity contribution is 0.0947. The average molecular weight is 289 g/mol. The normalized spacial score (nSPS) is 10.1. The second-order valence-electron chi connectivity index (χ2n) is 3.91. The number of carbonyl (C=O) groups excluding carboxylic acids is 1. The highest BCUT2D eigenvalue weighted by Gasteiger charge is 2.12. The first-order chi connectivity index (χ1) is 9.76. The van der Waals surface area contributed by atoms with E-state index in [1.807, 2.05) is 12.3 Å². The lowest BCUT2D eigenvalue weighted by Gasteiger charge is -2.09. The summed E-state index contributed by atoms with van der Waals surface area (Å²) in [5.41, 5.74) is 1.40. The highest BCUT2D eigenvalue weighted by Crippen LogP contribution is 2.17. The summed E-state index contributed by atoms with van der Waals surface area (Å²) in [6, 6.07) is 7.18. The van der Waals surface area contributed by atoms with Crippen molar-refractivity contribution in [3.63, 3.8) is 0 Å². The predicted molar refractivity (Wildman–Crippen MR) is 78.0 cm³/mol. The number of pyridine rings is 2. The molecule has 2 aromatic heterocycles. The Kier molecular flexibility index (Phi) is 4.95. The van der Waals surface area contributed by atoms with Crippen molar-refractivity contribution in [2.75, 3.05) is 13.4 Å². The van der Waals surface area contributed by atoms with Gasteiger partial charge in [-0.25, -0.2) is 9.97 Å². The molecule has 2 aromatic rings. The van der Waals surface area contributed by atoms with Crippen LogP contribution in [0, 0.1) is 0 Å². The third-order valence-corrected chi connectivity index (χ3v) is 3.40. The molecule has 104 valence electrons. The molecule has 1 N–H and O–H groups in total. The number of hydrogen-bond donors (Lipinski definition) is 1. The van der Waals surface area contributed by atoms with Gasteiger partial charge in [-0.3, -0.25) is 4.79 Å². The van der Waals surface area contributed by atoms with Crippen molar-refractivity contribution >= 4 is 17.7 Å². The molecule has 0 atom stereocenters. The van der Waals surface area contributed by atoms with Crippen molar-refractivity contribution in [2.24, 2.45) is 0 Å². The minimum atomic E-state index is -0.159. The first-order valence-electron chi connectivity index (χ1n) is 6.01. The van der Waals surface area contributed by atoms with E-state index in [9.17, 15) is 4.79 Å². The number of hydrogen-bond acceptors (Lipinski definition) is 5. The van der Waals surface area contributed by atoms with Crippen LogP contribution in [-0.2, 0) is 6.54 Å². The molecule has 0 unspecified atom stereocenters. The predicted octanol–water partition coefficient (Wildman–Crippen LogP) is 2.14. The van der Waals surface area contributed by atoms with Gasteiger partial charge in [0.1, 0.15) is 5.03 Å². The fourth-order valence-electron chi connectivity index (χ4n) is 1.74. The van der Waals surface area contributed by atoms with Crippen LogP contribution in [0.4, 0.5) is 0 Å². The zero-order valence-electron chi connectivity index (χ0n) is 11.3. The van der Waals surface area contributed by atoms with Crippen LogP contribution >= 0.6 is 11.8 Å². The molecule has 0 aliphatic rings. The Morgan fingerprint density at radius 3 is 2.80 bits per heavy atom. The molecule has 0 radical (unpaired) electrons. The van der Waals surface area contributed by atoms with Crippen molar-refractivity contribution in [2.45, 2.75) is 11.6 Å². The molecule has 0 aliphatic carbocycles. The van der Waals surface area contributed by atoms with Gasteiger partial charge in [0.05, 0.1) is 12.7 Å². The van der Waals surface area contributed by atoms with Crippen LogP contribution in [0.15, 0.2) is 41.7 Å². The molecular formula is C14H15N3O2S. The van der Waals surface area contributed by atoms with Crippen LogP contribution in [0.3, 0.4) is 0 Å². The summed E-state index contributed by atoms with van der Waals surface area (Å²) in [4.78, 5) is 20.4. The fraction of sp³-hybridized carbons (Fsp3) is 0.214. The van der Waals surface area contributed by atoms with E-state index < -0.39 is 0 Å². The van der Waals surface area contributed by atoms with E-state index in [2.05, 4.69) is 15.3 Å². The third kappa shape index (κ3) is 3.27. The van der Waals surface area contributed by atoms with E-state index in [1.54, 1.807) is 37.7 Å². The highest BCUT2D eigenvalue weighted by atomic mass is 32.2. The maximum Gasteiger partial charge on any atom is 0.254 e. The zero-order chi connectivity index (χ0) is 14.4. The quantitative estimate of drug-likeness (QED) is 0.854. The van der Waals surface area contributed by atoms with Gasteiger partial charge >= 0.3 is 0 Å². The van der Waals surface area contributed by atoms with Gasteiger partial charge in [-0.15, -0.1) is 11.8 Å². The summed E-state index contributed by atoms with van der Waals surface area (Å²) in [5, 5.41) is 3.56. The summed E-state index contributed by atoms with van der Waals surface area (Å²) >= 11 is 1.44. The van der Waals surface area contributed by atoms with E-state index in [4.69, 9.17) is 4.74 Å². The van der Waals surface area contributed by atoms with Crippen molar-refractivity contribution in [1.29, 1.82) is 0 Å². The maximum atomic E-state index is 12.2. The van der Waals surface area contributed by atoms with E-state index in [1.165, 1.54) is 11.8 Å².